The fourth-order valence-electron chi connectivity index (χ4n) is 0.753. The summed E-state index contributed by atoms with van der Waals surface area (Å²) in [5, 5.41) is 0. The van der Waals surface area contributed by atoms with Gasteiger partial charge in [-0.1, -0.05) is 19.4 Å². The number of ether oxygens (including phenoxy) is 2. The molecule has 0 aromatic heterocycles. The highest BCUT2D eigenvalue weighted by Gasteiger charge is 1.87. The quantitative estimate of drug-likeness (QED) is 0.302. The van der Waals surface area contributed by atoms with E-state index in [4.69, 9.17) is 9.47 Å². The van der Waals surface area contributed by atoms with Crippen molar-refractivity contribution >= 4 is 0 Å². The molecule has 0 rings (SSSR count). The molecule has 12 heavy (non-hydrogen) atoms. The molecular weight excluding hydrogens is 152 g/mol. The van der Waals surface area contributed by atoms with Gasteiger partial charge in [-0.2, -0.15) is 0 Å². The van der Waals surface area contributed by atoms with Crippen molar-refractivity contribution in [3.8, 4) is 0 Å². The Morgan fingerprint density at radius 3 is 2.42 bits per heavy atom. The largest absolute Gasteiger partial charge is 0.355 e. The molecule has 0 aliphatic carbocycles. The fourth-order valence-corrected chi connectivity index (χ4v) is 0.753. The first-order valence-electron chi connectivity index (χ1n) is 4.68. The van der Waals surface area contributed by atoms with Crippen molar-refractivity contribution in [1.29, 1.82) is 0 Å². The Balaban J connectivity index is 2.77. The van der Waals surface area contributed by atoms with E-state index >= 15 is 0 Å². The predicted octanol–water partition coefficient (Wildman–Crippen LogP) is 2.74. The van der Waals surface area contributed by atoms with Gasteiger partial charge in [0, 0.05) is 13.2 Å². The maximum Gasteiger partial charge on any atom is 0.146 e. The molecule has 0 radical (unpaired) electrons. The number of allylic oxidation sites excluding steroid dienone is 1. The number of unbranched alkanes of at least 4 members (excludes halogenated alkanes) is 2. The highest BCUT2D eigenvalue weighted by molar-refractivity contribution is 4.64. The number of hydrogen-bond donors (Lipinski definition) is 0. The van der Waals surface area contributed by atoms with E-state index in [1.807, 2.05) is 6.08 Å². The summed E-state index contributed by atoms with van der Waals surface area (Å²) in [6, 6.07) is 0. The molecule has 0 spiro atoms. The SMILES string of the molecule is C=CCCCOCOCCCC. The molecule has 0 atom stereocenters. The molecule has 2 heteroatoms. The molecule has 2 nitrogen and oxygen atoms in total. The van der Waals surface area contributed by atoms with E-state index in [1.165, 1.54) is 6.42 Å². The third-order valence-corrected chi connectivity index (χ3v) is 1.51. The topological polar surface area (TPSA) is 18.5 Å². The molecule has 0 saturated carbocycles. The lowest BCUT2D eigenvalue weighted by molar-refractivity contribution is -0.0547. The molecule has 0 aromatic carbocycles. The average molecular weight is 172 g/mol. The molecule has 0 aliphatic heterocycles. The van der Waals surface area contributed by atoms with Gasteiger partial charge in [0.25, 0.3) is 0 Å². The first kappa shape index (κ1) is 11.7. The van der Waals surface area contributed by atoms with Crippen LogP contribution in [0.3, 0.4) is 0 Å². The van der Waals surface area contributed by atoms with Crippen molar-refractivity contribution in [3.63, 3.8) is 0 Å². The maximum atomic E-state index is 5.21. The Morgan fingerprint density at radius 1 is 1.17 bits per heavy atom. The van der Waals surface area contributed by atoms with Crippen molar-refractivity contribution in [2.75, 3.05) is 20.0 Å². The molecule has 0 amide bonds. The van der Waals surface area contributed by atoms with Gasteiger partial charge in [0.1, 0.15) is 6.79 Å². The van der Waals surface area contributed by atoms with Crippen molar-refractivity contribution in [1.82, 2.24) is 0 Å². The summed E-state index contributed by atoms with van der Waals surface area (Å²) in [4.78, 5) is 0. The molecule has 0 heterocycles. The molecule has 0 fully saturated rings. The Kier molecular flexibility index (Phi) is 10.4. The minimum Gasteiger partial charge on any atom is -0.355 e. The molecule has 0 N–H and O–H groups in total. The zero-order valence-electron chi connectivity index (χ0n) is 8.05. The first-order valence-corrected chi connectivity index (χ1v) is 4.68. The van der Waals surface area contributed by atoms with Gasteiger partial charge in [-0.05, 0) is 19.3 Å². The van der Waals surface area contributed by atoms with Crippen LogP contribution in [0, 0.1) is 0 Å². The van der Waals surface area contributed by atoms with Crippen LogP contribution in [0.1, 0.15) is 32.6 Å². The van der Waals surface area contributed by atoms with Gasteiger partial charge in [-0.25, -0.2) is 0 Å². The molecule has 0 aromatic rings. The lowest BCUT2D eigenvalue weighted by Gasteiger charge is -2.03. The van der Waals surface area contributed by atoms with Crippen molar-refractivity contribution in [3.05, 3.63) is 12.7 Å². The predicted molar refractivity (Wildman–Crippen MR) is 51.1 cm³/mol. The Morgan fingerprint density at radius 2 is 1.83 bits per heavy atom. The van der Waals surface area contributed by atoms with Crippen molar-refractivity contribution in [2.45, 2.75) is 32.6 Å². The van der Waals surface area contributed by atoms with E-state index in [9.17, 15) is 0 Å². The van der Waals surface area contributed by atoms with Gasteiger partial charge >= 0.3 is 0 Å². The monoisotopic (exact) mass is 172 g/mol. The van der Waals surface area contributed by atoms with Gasteiger partial charge < -0.3 is 9.47 Å². The zero-order chi connectivity index (χ0) is 9.07. The average Bonchev–Trinajstić information content (AvgIpc) is 2.10. The van der Waals surface area contributed by atoms with Gasteiger partial charge in [-0.3, -0.25) is 0 Å². The second-order valence-electron chi connectivity index (χ2n) is 2.72. The second-order valence-corrected chi connectivity index (χ2v) is 2.72. The lowest BCUT2D eigenvalue weighted by atomic mass is 10.3. The van der Waals surface area contributed by atoms with Crippen LogP contribution in [-0.2, 0) is 9.47 Å². The maximum absolute atomic E-state index is 5.21. The van der Waals surface area contributed by atoms with Crippen LogP contribution in [0.4, 0.5) is 0 Å². The van der Waals surface area contributed by atoms with Crippen LogP contribution in [0.5, 0.6) is 0 Å². The van der Waals surface area contributed by atoms with E-state index in [0.29, 0.717) is 6.79 Å². The van der Waals surface area contributed by atoms with Crippen LogP contribution in [-0.4, -0.2) is 20.0 Å². The minimum absolute atomic E-state index is 0.442. The summed E-state index contributed by atoms with van der Waals surface area (Å²) in [5.74, 6) is 0. The second kappa shape index (κ2) is 10.7. The summed E-state index contributed by atoms with van der Waals surface area (Å²) >= 11 is 0. The minimum atomic E-state index is 0.442. The van der Waals surface area contributed by atoms with E-state index < -0.39 is 0 Å². The Hall–Kier alpha value is -0.340. The van der Waals surface area contributed by atoms with E-state index in [2.05, 4.69) is 13.5 Å². The van der Waals surface area contributed by atoms with E-state index in [0.717, 1.165) is 32.5 Å². The summed E-state index contributed by atoms with van der Waals surface area (Å²) in [7, 11) is 0. The van der Waals surface area contributed by atoms with E-state index in [-0.39, 0.29) is 0 Å². The zero-order valence-corrected chi connectivity index (χ0v) is 8.05. The van der Waals surface area contributed by atoms with Crippen LogP contribution in [0.2, 0.25) is 0 Å². The molecule has 0 bridgehead atoms. The van der Waals surface area contributed by atoms with Crippen LogP contribution < -0.4 is 0 Å². The standard InChI is InChI=1S/C10H20O2/c1-3-5-7-9-12-10-11-8-6-4-2/h3H,1,4-10H2,2H3. The molecule has 0 saturated heterocycles. The van der Waals surface area contributed by atoms with Gasteiger partial charge in [0.05, 0.1) is 0 Å². The summed E-state index contributed by atoms with van der Waals surface area (Å²) in [5.41, 5.74) is 0. The first-order chi connectivity index (χ1) is 5.91. The van der Waals surface area contributed by atoms with Crippen LogP contribution in [0.15, 0.2) is 12.7 Å². The number of hydrogen-bond acceptors (Lipinski definition) is 2. The highest BCUT2D eigenvalue weighted by Crippen LogP contribution is 1.92. The lowest BCUT2D eigenvalue weighted by Crippen LogP contribution is -2.02. The summed E-state index contributed by atoms with van der Waals surface area (Å²) in [6.07, 6.45) is 6.27. The van der Waals surface area contributed by atoms with Gasteiger partial charge in [-0.15, -0.1) is 6.58 Å². The Labute approximate surface area is 75.6 Å². The highest BCUT2D eigenvalue weighted by atomic mass is 16.7. The molecule has 72 valence electrons. The number of rotatable bonds is 9. The van der Waals surface area contributed by atoms with Crippen molar-refractivity contribution < 1.29 is 9.47 Å². The fraction of sp³-hybridized carbons (Fsp3) is 0.800. The smallest absolute Gasteiger partial charge is 0.146 e. The van der Waals surface area contributed by atoms with Crippen LogP contribution >= 0.6 is 0 Å². The summed E-state index contributed by atoms with van der Waals surface area (Å²) in [6.45, 7) is 7.81. The third-order valence-electron chi connectivity index (χ3n) is 1.51. The third kappa shape index (κ3) is 9.66. The molecule has 0 unspecified atom stereocenters. The molecular formula is C10H20O2. The van der Waals surface area contributed by atoms with Gasteiger partial charge in [0.15, 0.2) is 0 Å². The van der Waals surface area contributed by atoms with Crippen molar-refractivity contribution in [2.24, 2.45) is 0 Å². The summed E-state index contributed by atoms with van der Waals surface area (Å²) < 4.78 is 10.4. The molecule has 0 aliphatic rings. The normalized spacial score (nSPS) is 10.1. The van der Waals surface area contributed by atoms with E-state index in [1.54, 1.807) is 0 Å². The van der Waals surface area contributed by atoms with Gasteiger partial charge in [0.2, 0.25) is 0 Å². The Bertz CT molecular complexity index is 91.8. The van der Waals surface area contributed by atoms with Crippen LogP contribution in [0.25, 0.3) is 0 Å².